The fourth-order valence-corrected chi connectivity index (χ4v) is 7.97. The molecule has 6 nitrogen and oxygen atoms in total. The molecule has 38 heavy (non-hydrogen) atoms. The maximum absolute atomic E-state index is 14.0. The van der Waals surface area contributed by atoms with Gasteiger partial charge in [0.2, 0.25) is 11.8 Å². The zero-order valence-electron chi connectivity index (χ0n) is 19.3. The summed E-state index contributed by atoms with van der Waals surface area (Å²) in [5.74, 6) is -1.37. The second-order valence-electron chi connectivity index (χ2n) is 8.84. The van der Waals surface area contributed by atoms with E-state index in [1.165, 1.54) is 16.7 Å². The molecule has 0 spiro atoms. The number of thioether (sulfide) groups is 1. The van der Waals surface area contributed by atoms with E-state index in [1.54, 1.807) is 36.4 Å². The molecule has 6 rings (SSSR count). The number of aromatic nitrogens is 1. The predicted molar refractivity (Wildman–Crippen MR) is 154 cm³/mol. The van der Waals surface area contributed by atoms with Crippen LogP contribution in [0, 0.1) is 5.92 Å². The molecule has 3 heterocycles. The molecule has 192 valence electrons. The molecule has 11 heteroatoms. The summed E-state index contributed by atoms with van der Waals surface area (Å²) in [5, 5.41) is 1.04. The Morgan fingerprint density at radius 3 is 2.32 bits per heavy atom. The lowest BCUT2D eigenvalue weighted by molar-refractivity contribution is -0.122. The number of ether oxygens (including phenoxy) is 1. The summed E-state index contributed by atoms with van der Waals surface area (Å²) in [6.45, 7) is 0.279. The number of nitrogens with zero attached hydrogens (tertiary/aromatic N) is 1. The Bertz CT molecular complexity index is 1620. The van der Waals surface area contributed by atoms with Crippen molar-refractivity contribution in [2.75, 3.05) is 4.90 Å². The first kappa shape index (κ1) is 25.7. The first-order valence-electron chi connectivity index (χ1n) is 11.5. The Hall–Kier alpha value is -2.56. The van der Waals surface area contributed by atoms with Crippen molar-refractivity contribution in [1.29, 1.82) is 0 Å². The number of fused-ring (bicyclic) bond motifs is 2. The maximum Gasteiger partial charge on any atom is 0.305 e. The van der Waals surface area contributed by atoms with E-state index < -0.39 is 17.1 Å². The minimum atomic E-state index is -0.727. The number of halogens is 3. The molecule has 4 aromatic rings. The number of anilines is 1. The standard InChI is InChI=1S/C27H17BrCl2N2O4S2/c28-14-3-10-19(36-12-13-1-4-15(29)5-2-13)18(11-14)20-21-23(37-24-22(20)38-27(35)31-24)26(34)32(25(21)33)17-8-6-16(30)7-9-17/h1-11,20-21,23H,12H2,(H,31,35). The van der Waals surface area contributed by atoms with Gasteiger partial charge in [-0.2, -0.15) is 0 Å². The van der Waals surface area contributed by atoms with Crippen molar-refractivity contribution >= 4 is 79.7 Å². The van der Waals surface area contributed by atoms with Crippen molar-refractivity contribution in [3.05, 3.63) is 107 Å². The zero-order chi connectivity index (χ0) is 26.6. The van der Waals surface area contributed by atoms with E-state index in [2.05, 4.69) is 20.9 Å². The molecule has 3 unspecified atom stereocenters. The molecule has 3 aromatic carbocycles. The van der Waals surface area contributed by atoms with Gasteiger partial charge < -0.3 is 9.72 Å². The van der Waals surface area contributed by atoms with Crippen molar-refractivity contribution in [2.24, 2.45) is 5.92 Å². The number of carbonyl (C=O) groups is 2. The number of hydrogen-bond donors (Lipinski definition) is 1. The Labute approximate surface area is 244 Å². The minimum absolute atomic E-state index is 0.236. The number of carbonyl (C=O) groups excluding carboxylic acids is 2. The van der Waals surface area contributed by atoms with Gasteiger partial charge in [0.1, 0.15) is 17.6 Å². The van der Waals surface area contributed by atoms with Gasteiger partial charge in [0.25, 0.3) is 0 Å². The molecule has 0 saturated carbocycles. The summed E-state index contributed by atoms with van der Waals surface area (Å²) in [5.41, 5.74) is 2.11. The van der Waals surface area contributed by atoms with Crippen LogP contribution < -0.4 is 14.5 Å². The van der Waals surface area contributed by atoms with Crippen LogP contribution in [0.1, 0.15) is 21.9 Å². The monoisotopic (exact) mass is 646 g/mol. The van der Waals surface area contributed by atoms with Gasteiger partial charge in [0.15, 0.2) is 0 Å². The molecule has 1 fully saturated rings. The van der Waals surface area contributed by atoms with Gasteiger partial charge in [-0.1, -0.05) is 74.4 Å². The summed E-state index contributed by atoms with van der Waals surface area (Å²) in [7, 11) is 0. The van der Waals surface area contributed by atoms with E-state index >= 15 is 0 Å². The number of imide groups is 1. The summed E-state index contributed by atoms with van der Waals surface area (Å²) in [6, 6.07) is 19.6. The fraction of sp³-hybridized carbons (Fsp3) is 0.148. The number of H-pyrrole nitrogens is 1. The molecule has 0 radical (unpaired) electrons. The van der Waals surface area contributed by atoms with Crippen LogP contribution in [0.2, 0.25) is 10.0 Å². The molecule has 1 N–H and O–H groups in total. The van der Waals surface area contributed by atoms with Crippen molar-refractivity contribution in [2.45, 2.75) is 22.8 Å². The van der Waals surface area contributed by atoms with E-state index in [-0.39, 0.29) is 23.3 Å². The predicted octanol–water partition coefficient (Wildman–Crippen LogP) is 6.88. The number of amides is 2. The number of hydrogen-bond acceptors (Lipinski definition) is 6. The molecule has 1 saturated heterocycles. The topological polar surface area (TPSA) is 79.5 Å². The Balaban J connectivity index is 1.44. The van der Waals surface area contributed by atoms with Crippen LogP contribution in [0.3, 0.4) is 0 Å². The largest absolute Gasteiger partial charge is 0.489 e. The molecular formula is C27H17BrCl2N2O4S2. The molecule has 0 aliphatic carbocycles. The van der Waals surface area contributed by atoms with Gasteiger partial charge in [-0.15, -0.1) is 0 Å². The highest BCUT2D eigenvalue weighted by Gasteiger charge is 2.56. The second-order valence-corrected chi connectivity index (χ2v) is 12.8. The molecule has 2 amide bonds. The third-order valence-electron chi connectivity index (χ3n) is 6.52. The van der Waals surface area contributed by atoms with E-state index in [9.17, 15) is 14.4 Å². The third-order valence-corrected chi connectivity index (χ3v) is 9.92. The quantitative estimate of drug-likeness (QED) is 0.239. The van der Waals surface area contributed by atoms with Crippen LogP contribution >= 0.6 is 62.2 Å². The van der Waals surface area contributed by atoms with Crippen LogP contribution in [0.25, 0.3) is 0 Å². The highest BCUT2D eigenvalue weighted by molar-refractivity contribution is 9.10. The van der Waals surface area contributed by atoms with Gasteiger partial charge >= 0.3 is 4.87 Å². The molecule has 2 aliphatic rings. The molecule has 1 aromatic heterocycles. The number of nitrogens with one attached hydrogen (secondary N) is 1. The maximum atomic E-state index is 14.0. The summed E-state index contributed by atoms with van der Waals surface area (Å²) in [4.78, 5) is 44.6. The minimum Gasteiger partial charge on any atom is -0.489 e. The van der Waals surface area contributed by atoms with Gasteiger partial charge in [0, 0.05) is 30.9 Å². The zero-order valence-corrected chi connectivity index (χ0v) is 24.1. The van der Waals surface area contributed by atoms with Gasteiger partial charge in [-0.05, 0) is 60.2 Å². The molecular weight excluding hydrogens is 631 g/mol. The lowest BCUT2D eigenvalue weighted by Gasteiger charge is -2.31. The SMILES string of the molecule is O=C1C2Sc3[nH]c(=O)sc3C(c3cc(Br)ccc3OCc3ccc(Cl)cc3)C2C(=O)N1c1ccc(Cl)cc1. The first-order valence-corrected chi connectivity index (χ1v) is 14.7. The Kier molecular flexibility index (Phi) is 6.90. The molecule has 0 bridgehead atoms. The van der Waals surface area contributed by atoms with Crippen molar-refractivity contribution in [3.63, 3.8) is 0 Å². The first-order chi connectivity index (χ1) is 18.3. The number of benzene rings is 3. The van der Waals surface area contributed by atoms with E-state index in [0.29, 0.717) is 26.5 Å². The average molecular weight is 648 g/mol. The molecule has 2 aliphatic heterocycles. The Morgan fingerprint density at radius 2 is 1.61 bits per heavy atom. The normalized spacial score (nSPS) is 20.4. The van der Waals surface area contributed by atoms with Crippen molar-refractivity contribution < 1.29 is 14.3 Å². The average Bonchev–Trinajstić information content (AvgIpc) is 3.39. The van der Waals surface area contributed by atoms with Crippen LogP contribution in [0.15, 0.2) is 81.0 Å². The smallest absolute Gasteiger partial charge is 0.305 e. The summed E-state index contributed by atoms with van der Waals surface area (Å²) >= 11 is 17.9. The lowest BCUT2D eigenvalue weighted by atomic mass is 9.82. The lowest BCUT2D eigenvalue weighted by Crippen LogP contribution is -2.32. The van der Waals surface area contributed by atoms with E-state index in [0.717, 1.165) is 31.8 Å². The number of thiazole rings is 1. The fourth-order valence-electron chi connectivity index (χ4n) is 4.83. The van der Waals surface area contributed by atoms with Crippen molar-refractivity contribution in [3.8, 4) is 5.75 Å². The van der Waals surface area contributed by atoms with Crippen molar-refractivity contribution in [1.82, 2.24) is 4.98 Å². The Morgan fingerprint density at radius 1 is 0.921 bits per heavy atom. The van der Waals surface area contributed by atoms with Crippen LogP contribution in [0.4, 0.5) is 5.69 Å². The van der Waals surface area contributed by atoms with E-state index in [4.69, 9.17) is 27.9 Å². The van der Waals surface area contributed by atoms with Gasteiger partial charge in [-0.25, -0.2) is 4.90 Å². The highest BCUT2D eigenvalue weighted by atomic mass is 79.9. The molecule has 3 atom stereocenters. The van der Waals surface area contributed by atoms with Crippen LogP contribution in [-0.4, -0.2) is 22.0 Å². The summed E-state index contributed by atoms with van der Waals surface area (Å²) in [6.07, 6.45) is 0. The summed E-state index contributed by atoms with van der Waals surface area (Å²) < 4.78 is 7.04. The van der Waals surface area contributed by atoms with Crippen LogP contribution in [0.5, 0.6) is 5.75 Å². The third kappa shape index (κ3) is 4.60. The van der Waals surface area contributed by atoms with Gasteiger partial charge in [0.05, 0.1) is 16.6 Å². The second kappa shape index (κ2) is 10.2. The van der Waals surface area contributed by atoms with E-state index in [1.807, 2.05) is 30.3 Å². The van der Waals surface area contributed by atoms with Crippen LogP contribution in [-0.2, 0) is 16.2 Å². The number of aromatic amines is 1. The highest BCUT2D eigenvalue weighted by Crippen LogP contribution is 2.54. The van der Waals surface area contributed by atoms with Gasteiger partial charge in [-0.3, -0.25) is 14.4 Å². The number of rotatable bonds is 5.